The van der Waals surface area contributed by atoms with Crippen LogP contribution in [-0.4, -0.2) is 43.3 Å². The van der Waals surface area contributed by atoms with Crippen molar-refractivity contribution in [2.24, 2.45) is 17.2 Å². The smallest absolute Gasteiger partial charge is 0.337 e. The lowest BCUT2D eigenvalue weighted by Gasteiger charge is -2.29. The highest BCUT2D eigenvalue weighted by Crippen LogP contribution is 2.46. The van der Waals surface area contributed by atoms with Crippen LogP contribution < -0.4 is 17.2 Å². The molecule has 0 aliphatic heterocycles. The van der Waals surface area contributed by atoms with Gasteiger partial charge in [0.25, 0.3) is 0 Å². The molecule has 0 saturated heterocycles. The van der Waals surface area contributed by atoms with Crippen molar-refractivity contribution in [2.45, 2.75) is 29.8 Å². The third-order valence-electron chi connectivity index (χ3n) is 8.30. The molecule has 0 fully saturated rings. The SMILES string of the molecule is NCC(N)CC(N)(C(=O)OCC1c2ccccc2-c2ccccc21)C(=O)OCC1c2ccccc2-c2ccccc21. The van der Waals surface area contributed by atoms with Gasteiger partial charge in [0.2, 0.25) is 5.54 Å². The Hall–Kier alpha value is -4.30. The van der Waals surface area contributed by atoms with Crippen LogP contribution in [0.5, 0.6) is 0 Å². The van der Waals surface area contributed by atoms with E-state index in [1.807, 2.05) is 72.8 Å². The summed E-state index contributed by atoms with van der Waals surface area (Å²) in [7, 11) is 0. The van der Waals surface area contributed by atoms with Gasteiger partial charge >= 0.3 is 11.9 Å². The third kappa shape index (κ3) is 4.72. The number of nitrogens with two attached hydrogens (primary N) is 3. The first kappa shape index (κ1) is 26.9. The fourth-order valence-electron chi connectivity index (χ4n) is 6.20. The molecular weight excluding hydrogens is 514 g/mol. The van der Waals surface area contributed by atoms with Crippen LogP contribution in [0.4, 0.5) is 0 Å². The molecule has 0 radical (unpaired) electrons. The van der Waals surface area contributed by atoms with E-state index in [0.717, 1.165) is 44.5 Å². The molecule has 41 heavy (non-hydrogen) atoms. The quantitative estimate of drug-likeness (QED) is 0.213. The number of hydrogen-bond donors (Lipinski definition) is 3. The molecule has 7 nitrogen and oxygen atoms in total. The lowest BCUT2D eigenvalue weighted by molar-refractivity contribution is -0.165. The molecule has 0 aromatic heterocycles. The average molecular weight is 548 g/mol. The van der Waals surface area contributed by atoms with E-state index in [2.05, 4.69) is 24.3 Å². The zero-order chi connectivity index (χ0) is 28.6. The lowest BCUT2D eigenvalue weighted by atomic mass is 9.91. The Balaban J connectivity index is 1.21. The highest BCUT2D eigenvalue weighted by molar-refractivity contribution is 6.05. The Bertz CT molecular complexity index is 1420. The van der Waals surface area contributed by atoms with E-state index in [1.54, 1.807) is 0 Å². The van der Waals surface area contributed by atoms with Crippen molar-refractivity contribution in [2.75, 3.05) is 19.8 Å². The normalized spacial score (nSPS) is 14.5. The highest BCUT2D eigenvalue weighted by Gasteiger charge is 2.47. The molecule has 4 aromatic rings. The summed E-state index contributed by atoms with van der Waals surface area (Å²) in [6.07, 6.45) is -0.198. The third-order valence-corrected chi connectivity index (χ3v) is 8.30. The molecule has 0 amide bonds. The standard InChI is InChI=1S/C34H33N3O4/c35-18-21(36)17-34(37,32(38)40-19-30-26-13-5-1-9-22(26)23-10-2-6-14-27(23)30)33(39)41-20-31-28-15-7-3-11-24(28)25-12-4-8-16-29(25)31/h1-16,21,30-31H,17-20,35-37H2. The summed E-state index contributed by atoms with van der Waals surface area (Å²) in [6, 6.07) is 31.4. The number of benzene rings is 4. The van der Waals surface area contributed by atoms with Gasteiger partial charge in [-0.2, -0.15) is 0 Å². The van der Waals surface area contributed by atoms with Crippen molar-refractivity contribution in [1.82, 2.24) is 0 Å². The first-order valence-electron chi connectivity index (χ1n) is 13.9. The van der Waals surface area contributed by atoms with Gasteiger partial charge in [0.05, 0.1) is 0 Å². The minimum absolute atomic E-state index is 0.0281. The van der Waals surface area contributed by atoms with E-state index < -0.39 is 23.5 Å². The molecule has 0 spiro atoms. The van der Waals surface area contributed by atoms with Crippen molar-refractivity contribution in [1.29, 1.82) is 0 Å². The van der Waals surface area contributed by atoms with Crippen LogP contribution >= 0.6 is 0 Å². The van der Waals surface area contributed by atoms with Crippen molar-refractivity contribution in [3.8, 4) is 22.3 Å². The molecule has 4 aromatic carbocycles. The van der Waals surface area contributed by atoms with Crippen LogP contribution in [-0.2, 0) is 19.1 Å². The maximum atomic E-state index is 13.6. The fourth-order valence-corrected chi connectivity index (χ4v) is 6.20. The summed E-state index contributed by atoms with van der Waals surface area (Å²) in [5, 5.41) is 0. The predicted octanol–water partition coefficient (Wildman–Crippen LogP) is 4.07. The maximum absolute atomic E-state index is 13.6. The van der Waals surface area contributed by atoms with Crippen molar-refractivity contribution in [3.05, 3.63) is 119 Å². The Morgan fingerprint density at radius 1 is 0.634 bits per heavy atom. The number of ether oxygens (including phenoxy) is 2. The second kappa shape index (κ2) is 10.9. The van der Waals surface area contributed by atoms with Gasteiger partial charge in [-0.1, -0.05) is 97.1 Å². The Kier molecular flexibility index (Phi) is 7.17. The Morgan fingerprint density at radius 2 is 0.951 bits per heavy atom. The van der Waals surface area contributed by atoms with E-state index in [4.69, 9.17) is 26.7 Å². The number of carbonyl (C=O) groups excluding carboxylic acids is 2. The van der Waals surface area contributed by atoms with E-state index in [0.29, 0.717) is 0 Å². The van der Waals surface area contributed by atoms with Crippen LogP contribution in [0.25, 0.3) is 22.3 Å². The first-order chi connectivity index (χ1) is 19.9. The number of rotatable bonds is 9. The Morgan fingerprint density at radius 3 is 1.27 bits per heavy atom. The van der Waals surface area contributed by atoms with Crippen LogP contribution in [0.15, 0.2) is 97.1 Å². The Labute approximate surface area is 239 Å². The van der Waals surface area contributed by atoms with Gasteiger partial charge < -0.3 is 26.7 Å². The van der Waals surface area contributed by atoms with E-state index in [1.165, 1.54) is 0 Å². The van der Waals surface area contributed by atoms with Crippen molar-refractivity contribution >= 4 is 11.9 Å². The molecule has 1 unspecified atom stereocenters. The predicted molar refractivity (Wildman–Crippen MR) is 158 cm³/mol. The van der Waals surface area contributed by atoms with Crippen molar-refractivity contribution in [3.63, 3.8) is 0 Å². The van der Waals surface area contributed by atoms with E-state index in [9.17, 15) is 9.59 Å². The minimum atomic E-state index is -2.10. The minimum Gasteiger partial charge on any atom is -0.463 e. The monoisotopic (exact) mass is 547 g/mol. The van der Waals surface area contributed by atoms with Gasteiger partial charge in [-0.05, 0) is 44.5 Å². The summed E-state index contributed by atoms with van der Waals surface area (Å²) >= 11 is 0. The second-order valence-electron chi connectivity index (χ2n) is 10.8. The lowest BCUT2D eigenvalue weighted by Crippen LogP contribution is -2.60. The van der Waals surface area contributed by atoms with Gasteiger partial charge in [-0.25, -0.2) is 9.59 Å². The van der Waals surface area contributed by atoms with Crippen LogP contribution in [0.2, 0.25) is 0 Å². The van der Waals surface area contributed by atoms with Gasteiger partial charge in [0.1, 0.15) is 13.2 Å². The number of esters is 2. The zero-order valence-electron chi connectivity index (χ0n) is 22.7. The topological polar surface area (TPSA) is 131 Å². The van der Waals surface area contributed by atoms with Gasteiger partial charge in [0.15, 0.2) is 0 Å². The molecule has 208 valence electrons. The van der Waals surface area contributed by atoms with E-state index in [-0.39, 0.29) is 38.0 Å². The number of hydrogen-bond acceptors (Lipinski definition) is 7. The van der Waals surface area contributed by atoms with Crippen LogP contribution in [0, 0.1) is 0 Å². The number of carbonyl (C=O) groups is 2. The fraction of sp³-hybridized carbons (Fsp3) is 0.235. The van der Waals surface area contributed by atoms with Gasteiger partial charge in [0, 0.05) is 30.8 Å². The molecule has 1 atom stereocenters. The first-order valence-corrected chi connectivity index (χ1v) is 13.9. The molecule has 0 saturated carbocycles. The summed E-state index contributed by atoms with van der Waals surface area (Å²) in [5.41, 5.74) is 24.9. The largest absolute Gasteiger partial charge is 0.463 e. The van der Waals surface area contributed by atoms with Gasteiger partial charge in [-0.3, -0.25) is 0 Å². The highest BCUT2D eigenvalue weighted by atomic mass is 16.6. The van der Waals surface area contributed by atoms with E-state index >= 15 is 0 Å². The molecule has 2 aliphatic carbocycles. The molecule has 0 bridgehead atoms. The second-order valence-corrected chi connectivity index (χ2v) is 10.8. The number of fused-ring (bicyclic) bond motifs is 6. The summed E-state index contributed by atoms with van der Waals surface area (Å²) in [4.78, 5) is 27.2. The van der Waals surface area contributed by atoms with Crippen LogP contribution in [0.1, 0.15) is 40.5 Å². The summed E-state index contributed by atoms with van der Waals surface area (Å²) in [5.74, 6) is -2.11. The summed E-state index contributed by atoms with van der Waals surface area (Å²) < 4.78 is 11.6. The molecule has 0 heterocycles. The van der Waals surface area contributed by atoms with Crippen molar-refractivity contribution < 1.29 is 19.1 Å². The molecular formula is C34H33N3O4. The van der Waals surface area contributed by atoms with Gasteiger partial charge in [-0.15, -0.1) is 0 Å². The molecule has 2 aliphatic rings. The molecule has 7 heteroatoms. The average Bonchev–Trinajstić information content (AvgIpc) is 3.51. The zero-order valence-corrected chi connectivity index (χ0v) is 22.7. The molecule has 6 N–H and O–H groups in total. The van der Waals surface area contributed by atoms with Crippen LogP contribution in [0.3, 0.4) is 0 Å². The molecule has 6 rings (SSSR count). The maximum Gasteiger partial charge on any atom is 0.337 e. The summed E-state index contributed by atoms with van der Waals surface area (Å²) in [6.45, 7) is 0.104.